The van der Waals surface area contributed by atoms with Gasteiger partial charge in [0.05, 0.1) is 17.3 Å². The zero-order chi connectivity index (χ0) is 14.8. The van der Waals surface area contributed by atoms with Crippen molar-refractivity contribution in [2.45, 2.75) is 57.6 Å². The average Bonchev–Trinajstić information content (AvgIpc) is 2.87. The number of hydrogen-bond acceptors (Lipinski definition) is 4. The number of hydrogen-bond donors (Lipinski definition) is 0. The van der Waals surface area contributed by atoms with Crippen LogP contribution >= 0.6 is 23.7 Å². The summed E-state index contributed by atoms with van der Waals surface area (Å²) in [5.74, 6) is 3.41. The Morgan fingerprint density at radius 2 is 2.00 bits per heavy atom. The summed E-state index contributed by atoms with van der Waals surface area (Å²) in [6.45, 7) is 7.01. The summed E-state index contributed by atoms with van der Waals surface area (Å²) in [6.07, 6.45) is 10.5. The first-order chi connectivity index (χ1) is 10.2. The Bertz CT molecular complexity index is 512. The number of ether oxygens (including phenoxy) is 1. The van der Waals surface area contributed by atoms with Gasteiger partial charge in [-0.05, 0) is 39.5 Å². The zero-order valence-electron chi connectivity index (χ0n) is 13.4. The quantitative estimate of drug-likeness (QED) is 0.770. The number of halogens is 1. The monoisotopic (exact) mass is 340 g/mol. The molecule has 2 fully saturated rings. The molecular formula is C17H25ClN2OS. The molecule has 1 aliphatic carbocycles. The van der Waals surface area contributed by atoms with E-state index in [4.69, 9.17) is 16.1 Å². The molecule has 1 unspecified atom stereocenters. The van der Waals surface area contributed by atoms with Crippen LogP contribution in [0.15, 0.2) is 0 Å². The van der Waals surface area contributed by atoms with Crippen LogP contribution in [0.4, 0.5) is 0 Å². The van der Waals surface area contributed by atoms with Crippen LogP contribution in [0.25, 0.3) is 0 Å². The van der Waals surface area contributed by atoms with Gasteiger partial charge in [-0.1, -0.05) is 5.92 Å². The molecule has 0 bridgehead atoms. The summed E-state index contributed by atoms with van der Waals surface area (Å²) in [6, 6.07) is 0.683. The van der Waals surface area contributed by atoms with Gasteiger partial charge < -0.3 is 4.74 Å². The fraction of sp³-hybridized carbons (Fsp3) is 0.706. The highest BCUT2D eigenvalue weighted by Crippen LogP contribution is 2.37. The standard InChI is InChI=1S/C17H24N2OS.ClH/c1-4-16-11-19(9-10-20-16)15-7-5-14(6-8-15)17-18-12(2)13(3)21-17;/h1,14-16H,5-11H2,2-3H3;1H. The van der Waals surface area contributed by atoms with Crippen molar-refractivity contribution < 1.29 is 4.74 Å². The van der Waals surface area contributed by atoms with Gasteiger partial charge in [-0.15, -0.1) is 30.2 Å². The Morgan fingerprint density at radius 1 is 1.27 bits per heavy atom. The number of rotatable bonds is 2. The first-order valence-corrected chi connectivity index (χ1v) is 8.74. The molecule has 0 aromatic carbocycles. The highest BCUT2D eigenvalue weighted by Gasteiger charge is 2.30. The third kappa shape index (κ3) is 3.83. The second-order valence-corrected chi connectivity index (χ2v) is 7.45. The third-order valence-corrected chi connectivity index (χ3v) is 6.13. The molecule has 0 N–H and O–H groups in total. The SMILES string of the molecule is C#CC1CN(C2CCC(c3nc(C)c(C)s3)CC2)CCO1.Cl. The highest BCUT2D eigenvalue weighted by atomic mass is 35.5. The van der Waals surface area contributed by atoms with Gasteiger partial charge in [-0.2, -0.15) is 0 Å². The molecule has 1 aromatic heterocycles. The van der Waals surface area contributed by atoms with Crippen molar-refractivity contribution in [3.05, 3.63) is 15.6 Å². The van der Waals surface area contributed by atoms with Crippen molar-refractivity contribution in [3.8, 4) is 12.3 Å². The second kappa shape index (κ2) is 7.79. The summed E-state index contributed by atoms with van der Waals surface area (Å²) >= 11 is 1.89. The van der Waals surface area contributed by atoms with Gasteiger partial charge >= 0.3 is 0 Å². The van der Waals surface area contributed by atoms with E-state index in [-0.39, 0.29) is 18.5 Å². The van der Waals surface area contributed by atoms with Crippen LogP contribution < -0.4 is 0 Å². The molecule has 22 heavy (non-hydrogen) atoms. The molecule has 2 heterocycles. The van der Waals surface area contributed by atoms with Crippen LogP contribution in [0, 0.1) is 26.2 Å². The Balaban J connectivity index is 0.00000176. The first kappa shape index (κ1) is 17.7. The van der Waals surface area contributed by atoms with Gasteiger partial charge in [0.1, 0.15) is 6.10 Å². The minimum Gasteiger partial charge on any atom is -0.363 e. The average molecular weight is 341 g/mol. The Labute approximate surface area is 143 Å². The van der Waals surface area contributed by atoms with Crippen LogP contribution in [-0.2, 0) is 4.74 Å². The van der Waals surface area contributed by atoms with Crippen LogP contribution in [-0.4, -0.2) is 41.7 Å². The summed E-state index contributed by atoms with van der Waals surface area (Å²) in [7, 11) is 0. The molecule has 1 aromatic rings. The highest BCUT2D eigenvalue weighted by molar-refractivity contribution is 7.11. The molecular weight excluding hydrogens is 316 g/mol. The van der Waals surface area contributed by atoms with E-state index in [0.717, 1.165) is 19.7 Å². The summed E-state index contributed by atoms with van der Waals surface area (Å²) in [4.78, 5) is 8.67. The van der Waals surface area contributed by atoms with Gasteiger partial charge in [0.15, 0.2) is 0 Å². The van der Waals surface area contributed by atoms with E-state index in [1.807, 2.05) is 11.3 Å². The zero-order valence-corrected chi connectivity index (χ0v) is 15.0. The van der Waals surface area contributed by atoms with E-state index in [1.54, 1.807) is 0 Å². The molecule has 1 saturated carbocycles. The van der Waals surface area contributed by atoms with Gasteiger partial charge in [0, 0.05) is 29.9 Å². The Hall–Kier alpha value is -0.600. The Morgan fingerprint density at radius 3 is 2.59 bits per heavy atom. The summed E-state index contributed by atoms with van der Waals surface area (Å²) in [5, 5.41) is 1.35. The number of thiazole rings is 1. The molecule has 3 rings (SSSR count). The van der Waals surface area contributed by atoms with Crippen LogP contribution in [0.3, 0.4) is 0 Å². The number of aromatic nitrogens is 1. The molecule has 3 nitrogen and oxygen atoms in total. The van der Waals surface area contributed by atoms with Crippen LogP contribution in [0.1, 0.15) is 47.2 Å². The van der Waals surface area contributed by atoms with Crippen molar-refractivity contribution >= 4 is 23.7 Å². The van der Waals surface area contributed by atoms with E-state index in [1.165, 1.54) is 41.3 Å². The van der Waals surface area contributed by atoms with Crippen LogP contribution in [0.5, 0.6) is 0 Å². The van der Waals surface area contributed by atoms with E-state index < -0.39 is 0 Å². The van der Waals surface area contributed by atoms with Crippen molar-refractivity contribution in [1.82, 2.24) is 9.88 Å². The number of nitrogens with zero attached hydrogens (tertiary/aromatic N) is 2. The smallest absolute Gasteiger partial charge is 0.130 e. The van der Waals surface area contributed by atoms with Gasteiger partial charge in [0.25, 0.3) is 0 Å². The molecule has 122 valence electrons. The lowest BCUT2D eigenvalue weighted by atomic mass is 9.85. The van der Waals surface area contributed by atoms with Crippen LogP contribution in [0.2, 0.25) is 0 Å². The lowest BCUT2D eigenvalue weighted by molar-refractivity contribution is -0.0231. The molecule has 1 atom stereocenters. The number of morpholine rings is 1. The third-order valence-electron chi connectivity index (χ3n) is 4.89. The maximum Gasteiger partial charge on any atom is 0.130 e. The van der Waals surface area contributed by atoms with E-state index in [2.05, 4.69) is 24.7 Å². The fourth-order valence-electron chi connectivity index (χ4n) is 3.46. The predicted molar refractivity (Wildman–Crippen MR) is 94.0 cm³/mol. The minimum atomic E-state index is -0.0132. The molecule has 0 spiro atoms. The molecule has 0 radical (unpaired) electrons. The summed E-state index contributed by atoms with van der Waals surface area (Å²) < 4.78 is 5.57. The van der Waals surface area contributed by atoms with Gasteiger partial charge in [-0.3, -0.25) is 4.90 Å². The fourth-order valence-corrected chi connectivity index (χ4v) is 4.55. The number of aryl methyl sites for hydroxylation is 2. The van der Waals surface area contributed by atoms with Gasteiger partial charge in [-0.25, -0.2) is 4.98 Å². The lowest BCUT2D eigenvalue weighted by Gasteiger charge is -2.40. The predicted octanol–water partition coefficient (Wildman–Crippen LogP) is 3.54. The van der Waals surface area contributed by atoms with E-state index >= 15 is 0 Å². The molecule has 0 amide bonds. The van der Waals surface area contributed by atoms with Crippen molar-refractivity contribution in [3.63, 3.8) is 0 Å². The maximum absolute atomic E-state index is 5.57. The molecule has 1 saturated heterocycles. The van der Waals surface area contributed by atoms with Crippen molar-refractivity contribution in [1.29, 1.82) is 0 Å². The Kier molecular flexibility index (Phi) is 6.28. The first-order valence-electron chi connectivity index (χ1n) is 7.93. The summed E-state index contributed by atoms with van der Waals surface area (Å²) in [5.41, 5.74) is 1.21. The minimum absolute atomic E-state index is 0. The molecule has 2 aliphatic rings. The lowest BCUT2D eigenvalue weighted by Crippen LogP contribution is -2.48. The van der Waals surface area contributed by atoms with Crippen molar-refractivity contribution in [2.75, 3.05) is 19.7 Å². The second-order valence-electron chi connectivity index (χ2n) is 6.22. The van der Waals surface area contributed by atoms with Gasteiger partial charge in [0.2, 0.25) is 0 Å². The largest absolute Gasteiger partial charge is 0.363 e. The number of terminal acetylenes is 1. The molecule has 5 heteroatoms. The normalized spacial score (nSPS) is 29.6. The van der Waals surface area contributed by atoms with E-state index in [0.29, 0.717) is 12.0 Å². The van der Waals surface area contributed by atoms with E-state index in [9.17, 15) is 0 Å². The maximum atomic E-state index is 5.57. The van der Waals surface area contributed by atoms with Crippen molar-refractivity contribution in [2.24, 2.45) is 0 Å². The topological polar surface area (TPSA) is 25.4 Å². The molecule has 1 aliphatic heterocycles.